The second-order valence-electron chi connectivity index (χ2n) is 3.45. The maximum Gasteiger partial charge on any atom is 0.265 e. The van der Waals surface area contributed by atoms with Gasteiger partial charge in [-0.2, -0.15) is 0 Å². The number of nitrogen functional groups attached to an aromatic ring is 1. The van der Waals surface area contributed by atoms with E-state index in [1.165, 1.54) is 19.2 Å². The predicted octanol–water partition coefficient (Wildman–Crippen LogP) is 1.80. The lowest BCUT2D eigenvalue weighted by Crippen LogP contribution is -2.29. The van der Waals surface area contributed by atoms with Gasteiger partial charge in [-0.05, 0) is 31.5 Å². The number of nitrogens with two attached hydrogens (primary N) is 1. The Balaban J connectivity index is 3.34. The normalized spacial score (nSPS) is 12.1. The van der Waals surface area contributed by atoms with E-state index in [1.807, 2.05) is 0 Å². The summed E-state index contributed by atoms with van der Waals surface area (Å²) in [5.41, 5.74) is 6.49. The molecule has 1 aromatic rings. The van der Waals surface area contributed by atoms with Crippen LogP contribution in [-0.2, 0) is 14.9 Å². The molecule has 0 atom stereocenters. The highest BCUT2D eigenvalue weighted by atomic mass is 35.5. The Kier molecular flexibility index (Phi) is 4.37. The molecular formula is C10H15ClN2O3S. The Labute approximate surface area is 106 Å². The van der Waals surface area contributed by atoms with Crippen LogP contribution in [0.1, 0.15) is 12.5 Å². The van der Waals surface area contributed by atoms with Crippen molar-refractivity contribution in [1.82, 2.24) is 4.47 Å². The first-order valence-electron chi connectivity index (χ1n) is 4.97. The molecule has 0 fully saturated rings. The zero-order valence-corrected chi connectivity index (χ0v) is 11.5. The molecule has 0 saturated heterocycles. The van der Waals surface area contributed by atoms with Crippen molar-refractivity contribution in [3.8, 4) is 0 Å². The summed E-state index contributed by atoms with van der Waals surface area (Å²) >= 11 is 5.88. The van der Waals surface area contributed by atoms with Crippen LogP contribution in [0.3, 0.4) is 0 Å². The van der Waals surface area contributed by atoms with Crippen molar-refractivity contribution in [2.24, 2.45) is 0 Å². The summed E-state index contributed by atoms with van der Waals surface area (Å²) in [6, 6.07) is 2.79. The van der Waals surface area contributed by atoms with E-state index in [9.17, 15) is 8.42 Å². The van der Waals surface area contributed by atoms with Crippen LogP contribution in [0.4, 0.5) is 5.69 Å². The third-order valence-corrected chi connectivity index (χ3v) is 4.58. The average Bonchev–Trinajstić information content (AvgIpc) is 2.26. The van der Waals surface area contributed by atoms with Gasteiger partial charge in [0.1, 0.15) is 0 Å². The summed E-state index contributed by atoms with van der Waals surface area (Å²) in [5, 5.41) is 0.365. The molecule has 0 amide bonds. The van der Waals surface area contributed by atoms with Crippen LogP contribution in [0.15, 0.2) is 17.0 Å². The third kappa shape index (κ3) is 2.71. The molecule has 1 aromatic carbocycles. The number of hydroxylamine groups is 1. The van der Waals surface area contributed by atoms with E-state index in [2.05, 4.69) is 0 Å². The molecular weight excluding hydrogens is 264 g/mol. The number of anilines is 1. The van der Waals surface area contributed by atoms with Gasteiger partial charge in [0.05, 0.1) is 22.7 Å². The highest BCUT2D eigenvalue weighted by Crippen LogP contribution is 2.28. The van der Waals surface area contributed by atoms with E-state index in [0.717, 1.165) is 4.47 Å². The molecule has 0 aliphatic carbocycles. The van der Waals surface area contributed by atoms with Gasteiger partial charge < -0.3 is 5.73 Å². The molecule has 2 N–H and O–H groups in total. The number of sulfonamides is 1. The lowest BCUT2D eigenvalue weighted by molar-refractivity contribution is -0.0442. The highest BCUT2D eigenvalue weighted by molar-refractivity contribution is 7.89. The average molecular weight is 279 g/mol. The summed E-state index contributed by atoms with van der Waals surface area (Å²) in [7, 11) is -2.39. The van der Waals surface area contributed by atoms with Crippen molar-refractivity contribution in [2.45, 2.75) is 18.7 Å². The lowest BCUT2D eigenvalue weighted by Gasteiger charge is -2.18. The topological polar surface area (TPSA) is 72.6 Å². The molecule has 0 aliphatic heterocycles. The van der Waals surface area contributed by atoms with Crippen LogP contribution in [0.25, 0.3) is 0 Å². The van der Waals surface area contributed by atoms with Crippen molar-refractivity contribution < 1.29 is 13.3 Å². The van der Waals surface area contributed by atoms with E-state index in [1.54, 1.807) is 13.8 Å². The van der Waals surface area contributed by atoms with Gasteiger partial charge in [0, 0.05) is 6.54 Å². The Bertz CT molecular complexity index is 489. The first-order valence-corrected chi connectivity index (χ1v) is 6.78. The van der Waals surface area contributed by atoms with E-state index < -0.39 is 10.0 Å². The fourth-order valence-electron chi connectivity index (χ4n) is 1.43. The van der Waals surface area contributed by atoms with Crippen LogP contribution < -0.4 is 5.73 Å². The first kappa shape index (κ1) is 14.2. The minimum atomic E-state index is -3.69. The van der Waals surface area contributed by atoms with Gasteiger partial charge in [-0.15, -0.1) is 0 Å². The maximum atomic E-state index is 12.1. The van der Waals surface area contributed by atoms with Gasteiger partial charge in [0.2, 0.25) is 0 Å². The second kappa shape index (κ2) is 5.22. The standard InChI is InChI=1S/C10H15ClN2O3S/c1-4-13(16-3)17(14,15)8-5-7(2)10(11)9(12)6-8/h5-6H,4,12H2,1-3H3. The summed E-state index contributed by atoms with van der Waals surface area (Å²) in [4.78, 5) is 4.87. The number of nitrogens with zero attached hydrogens (tertiary/aromatic N) is 1. The zero-order valence-electron chi connectivity index (χ0n) is 9.90. The highest BCUT2D eigenvalue weighted by Gasteiger charge is 2.24. The molecule has 96 valence electrons. The Hall–Kier alpha value is -0.820. The van der Waals surface area contributed by atoms with Crippen LogP contribution in [0.2, 0.25) is 5.02 Å². The SMILES string of the molecule is CCN(OC)S(=O)(=O)c1cc(C)c(Cl)c(N)c1. The maximum absolute atomic E-state index is 12.1. The summed E-state index contributed by atoms with van der Waals surface area (Å²) in [6.45, 7) is 3.58. The number of benzene rings is 1. The molecule has 0 heterocycles. The minimum absolute atomic E-state index is 0.0700. The van der Waals surface area contributed by atoms with E-state index in [-0.39, 0.29) is 17.1 Å². The molecule has 0 aliphatic rings. The van der Waals surface area contributed by atoms with Gasteiger partial charge in [0.15, 0.2) is 0 Å². The lowest BCUT2D eigenvalue weighted by atomic mass is 10.2. The molecule has 0 radical (unpaired) electrons. The van der Waals surface area contributed by atoms with Gasteiger partial charge >= 0.3 is 0 Å². The fourth-order valence-corrected chi connectivity index (χ4v) is 2.91. The molecule has 7 heteroatoms. The first-order chi connectivity index (χ1) is 7.84. The molecule has 0 unspecified atom stereocenters. The van der Waals surface area contributed by atoms with Crippen molar-refractivity contribution in [3.63, 3.8) is 0 Å². The molecule has 0 aromatic heterocycles. The minimum Gasteiger partial charge on any atom is -0.397 e. The molecule has 0 saturated carbocycles. The van der Waals surface area contributed by atoms with Gasteiger partial charge in [-0.3, -0.25) is 4.84 Å². The number of hydrogen-bond acceptors (Lipinski definition) is 4. The van der Waals surface area contributed by atoms with E-state index in [0.29, 0.717) is 10.6 Å². The summed E-state index contributed by atoms with van der Waals surface area (Å²) in [6.07, 6.45) is 0. The van der Waals surface area contributed by atoms with Crippen molar-refractivity contribution >= 4 is 27.3 Å². The quantitative estimate of drug-likeness (QED) is 0.673. The zero-order chi connectivity index (χ0) is 13.2. The predicted molar refractivity (Wildman–Crippen MR) is 67.2 cm³/mol. The largest absolute Gasteiger partial charge is 0.397 e. The number of hydrogen-bond donors (Lipinski definition) is 1. The van der Waals surface area contributed by atoms with Gasteiger partial charge in [-0.1, -0.05) is 16.1 Å². The number of halogens is 1. The monoisotopic (exact) mass is 278 g/mol. The van der Waals surface area contributed by atoms with Crippen molar-refractivity contribution in [1.29, 1.82) is 0 Å². The third-order valence-electron chi connectivity index (χ3n) is 2.28. The molecule has 0 bridgehead atoms. The summed E-state index contributed by atoms with van der Waals surface area (Å²) < 4.78 is 25.1. The molecule has 5 nitrogen and oxygen atoms in total. The van der Waals surface area contributed by atoms with E-state index in [4.69, 9.17) is 22.2 Å². The van der Waals surface area contributed by atoms with Crippen LogP contribution in [0, 0.1) is 6.92 Å². The Morgan fingerprint density at radius 3 is 2.47 bits per heavy atom. The summed E-state index contributed by atoms with van der Waals surface area (Å²) in [5.74, 6) is 0. The van der Waals surface area contributed by atoms with Crippen molar-refractivity contribution in [2.75, 3.05) is 19.4 Å². The Morgan fingerprint density at radius 1 is 1.47 bits per heavy atom. The number of aryl methyl sites for hydroxylation is 1. The van der Waals surface area contributed by atoms with Gasteiger partial charge in [-0.25, -0.2) is 8.42 Å². The Morgan fingerprint density at radius 2 is 2.06 bits per heavy atom. The number of rotatable bonds is 4. The molecule has 1 rings (SSSR count). The van der Waals surface area contributed by atoms with Crippen molar-refractivity contribution in [3.05, 3.63) is 22.7 Å². The fraction of sp³-hybridized carbons (Fsp3) is 0.400. The molecule has 17 heavy (non-hydrogen) atoms. The second-order valence-corrected chi connectivity index (χ2v) is 5.66. The van der Waals surface area contributed by atoms with Crippen LogP contribution in [-0.4, -0.2) is 26.5 Å². The smallest absolute Gasteiger partial charge is 0.265 e. The van der Waals surface area contributed by atoms with Crippen LogP contribution >= 0.6 is 11.6 Å². The van der Waals surface area contributed by atoms with Crippen LogP contribution in [0.5, 0.6) is 0 Å². The molecule has 0 spiro atoms. The van der Waals surface area contributed by atoms with E-state index >= 15 is 0 Å². The van der Waals surface area contributed by atoms with Gasteiger partial charge in [0.25, 0.3) is 10.0 Å².